The van der Waals surface area contributed by atoms with E-state index in [-0.39, 0.29) is 23.4 Å². The molecule has 0 saturated carbocycles. The molecule has 1 heterocycles. The second kappa shape index (κ2) is 9.92. The molecule has 9 heteroatoms. The van der Waals surface area contributed by atoms with Crippen LogP contribution < -0.4 is 10.1 Å². The summed E-state index contributed by atoms with van der Waals surface area (Å²) in [5.74, 6) is 0.265. The van der Waals surface area contributed by atoms with Crippen LogP contribution in [-0.2, 0) is 16.6 Å². The minimum atomic E-state index is -3.75. The van der Waals surface area contributed by atoms with E-state index in [1.54, 1.807) is 7.11 Å². The lowest BCUT2D eigenvalue weighted by molar-refractivity contribution is 0.102. The van der Waals surface area contributed by atoms with Crippen LogP contribution in [0.3, 0.4) is 0 Å². The van der Waals surface area contributed by atoms with Gasteiger partial charge in [-0.15, -0.1) is 0 Å². The first-order valence-corrected chi connectivity index (χ1v) is 13.0. The van der Waals surface area contributed by atoms with E-state index in [1.807, 2.05) is 62.4 Å². The third-order valence-corrected chi connectivity index (χ3v) is 8.27. The molecular weight excluding hydrogens is 470 g/mol. The lowest BCUT2D eigenvalue weighted by Gasteiger charge is -2.26. The van der Waals surface area contributed by atoms with E-state index in [1.165, 1.54) is 39.9 Å². The van der Waals surface area contributed by atoms with Crippen molar-refractivity contribution in [1.29, 1.82) is 0 Å². The summed E-state index contributed by atoms with van der Waals surface area (Å²) >= 11 is 1.34. The van der Waals surface area contributed by atoms with Crippen LogP contribution in [-0.4, -0.2) is 36.8 Å². The molecule has 1 aromatic heterocycles. The summed E-state index contributed by atoms with van der Waals surface area (Å²) in [5.41, 5.74) is 1.92. The van der Waals surface area contributed by atoms with Gasteiger partial charge in [-0.25, -0.2) is 13.4 Å². The highest BCUT2D eigenvalue weighted by molar-refractivity contribution is 7.89. The normalized spacial score (nSPS) is 11.8. The first-order valence-electron chi connectivity index (χ1n) is 10.7. The van der Waals surface area contributed by atoms with Gasteiger partial charge in [0.05, 0.1) is 16.7 Å². The highest BCUT2D eigenvalue weighted by Crippen LogP contribution is 2.32. The number of benzene rings is 3. The summed E-state index contributed by atoms with van der Waals surface area (Å²) < 4.78 is 34.3. The first-order chi connectivity index (χ1) is 16.3. The Labute approximate surface area is 203 Å². The summed E-state index contributed by atoms with van der Waals surface area (Å²) in [4.78, 5) is 17.3. The molecule has 0 aliphatic carbocycles. The lowest BCUT2D eigenvalue weighted by Crippen LogP contribution is -2.36. The summed E-state index contributed by atoms with van der Waals surface area (Å²) in [6.07, 6.45) is 0. The molecule has 0 radical (unpaired) electrons. The van der Waals surface area contributed by atoms with E-state index in [2.05, 4.69) is 10.3 Å². The number of fused-ring (bicyclic) bond motifs is 1. The molecule has 4 rings (SSSR count). The Morgan fingerprint density at radius 2 is 1.74 bits per heavy atom. The molecule has 0 bridgehead atoms. The molecule has 3 aromatic carbocycles. The van der Waals surface area contributed by atoms with Crippen molar-refractivity contribution in [3.8, 4) is 5.75 Å². The van der Waals surface area contributed by atoms with E-state index >= 15 is 0 Å². The van der Waals surface area contributed by atoms with Gasteiger partial charge < -0.3 is 4.74 Å². The highest BCUT2D eigenvalue weighted by atomic mass is 32.2. The molecule has 0 atom stereocenters. The summed E-state index contributed by atoms with van der Waals surface area (Å²) in [7, 11) is -2.18. The number of carbonyl (C=O) groups excluding carboxylic acids is 1. The van der Waals surface area contributed by atoms with Crippen LogP contribution >= 0.6 is 11.3 Å². The van der Waals surface area contributed by atoms with Crippen molar-refractivity contribution in [3.63, 3.8) is 0 Å². The Hall–Kier alpha value is -3.27. The van der Waals surface area contributed by atoms with Crippen molar-refractivity contribution in [1.82, 2.24) is 9.29 Å². The van der Waals surface area contributed by atoms with Gasteiger partial charge in [-0.1, -0.05) is 47.7 Å². The van der Waals surface area contributed by atoms with Gasteiger partial charge in [0, 0.05) is 18.2 Å². The van der Waals surface area contributed by atoms with Crippen LogP contribution in [0.25, 0.3) is 10.2 Å². The van der Waals surface area contributed by atoms with Crippen LogP contribution in [0, 0.1) is 0 Å². The van der Waals surface area contributed by atoms with Crippen LogP contribution in [0.15, 0.2) is 77.7 Å². The number of sulfonamides is 1. The van der Waals surface area contributed by atoms with Crippen LogP contribution in [0.5, 0.6) is 5.75 Å². The third kappa shape index (κ3) is 4.96. The molecule has 0 unspecified atom stereocenters. The molecule has 7 nitrogen and oxygen atoms in total. The number of methoxy groups -OCH3 is 1. The number of carbonyl (C=O) groups is 1. The van der Waals surface area contributed by atoms with Gasteiger partial charge in [0.15, 0.2) is 5.13 Å². The number of ether oxygens (including phenoxy) is 1. The standard InChI is InChI=1S/C25H25N3O4S2/c1-17(2)28(16-18-8-5-4-6-9-18)34(30,31)20-14-12-19(13-15-20)24(29)27-25-26-23-21(32-3)10-7-11-22(23)33-25/h4-15,17H,16H2,1-3H3,(H,26,27,29). The molecule has 1 N–H and O–H groups in total. The Bertz CT molecular complexity index is 1400. The van der Waals surface area contributed by atoms with E-state index in [4.69, 9.17) is 4.74 Å². The van der Waals surface area contributed by atoms with Gasteiger partial charge in [0.2, 0.25) is 10.0 Å². The molecule has 0 saturated heterocycles. The summed E-state index contributed by atoms with van der Waals surface area (Å²) in [5, 5.41) is 3.22. The van der Waals surface area contributed by atoms with Crippen molar-refractivity contribution in [2.24, 2.45) is 0 Å². The Balaban J connectivity index is 1.53. The van der Waals surface area contributed by atoms with Crippen molar-refractivity contribution < 1.29 is 17.9 Å². The fourth-order valence-corrected chi connectivity index (χ4v) is 6.04. The number of hydrogen-bond acceptors (Lipinski definition) is 6. The molecule has 176 valence electrons. The minimum absolute atomic E-state index is 0.137. The molecule has 0 fully saturated rings. The maximum atomic E-state index is 13.3. The summed E-state index contributed by atoms with van der Waals surface area (Å²) in [6, 6.07) is 20.8. The average Bonchev–Trinajstić information content (AvgIpc) is 3.25. The molecule has 0 spiro atoms. The van der Waals surface area contributed by atoms with Gasteiger partial charge in [-0.3, -0.25) is 10.1 Å². The molecule has 4 aromatic rings. The number of nitrogens with one attached hydrogen (secondary N) is 1. The van der Waals surface area contributed by atoms with Gasteiger partial charge in [0.1, 0.15) is 11.3 Å². The van der Waals surface area contributed by atoms with E-state index in [0.717, 1.165) is 10.3 Å². The van der Waals surface area contributed by atoms with E-state index in [9.17, 15) is 13.2 Å². The number of hydrogen-bond donors (Lipinski definition) is 1. The van der Waals surface area contributed by atoms with Crippen LogP contribution in [0.4, 0.5) is 5.13 Å². The van der Waals surface area contributed by atoms with Gasteiger partial charge in [-0.2, -0.15) is 4.31 Å². The van der Waals surface area contributed by atoms with E-state index in [0.29, 0.717) is 22.0 Å². The predicted octanol–water partition coefficient (Wildman–Crippen LogP) is 5.16. The zero-order valence-corrected chi connectivity index (χ0v) is 20.7. The topological polar surface area (TPSA) is 88.6 Å². The zero-order valence-electron chi connectivity index (χ0n) is 19.1. The summed E-state index contributed by atoms with van der Waals surface area (Å²) in [6.45, 7) is 3.95. The molecular formula is C25H25N3O4S2. The number of amides is 1. The van der Waals surface area contributed by atoms with Crippen molar-refractivity contribution in [3.05, 3.63) is 83.9 Å². The largest absolute Gasteiger partial charge is 0.494 e. The monoisotopic (exact) mass is 495 g/mol. The number of rotatable bonds is 8. The fraction of sp³-hybridized carbons (Fsp3) is 0.200. The Morgan fingerprint density at radius 3 is 2.38 bits per heavy atom. The number of nitrogens with zero attached hydrogens (tertiary/aromatic N) is 2. The smallest absolute Gasteiger partial charge is 0.257 e. The van der Waals surface area contributed by atoms with Gasteiger partial charge >= 0.3 is 0 Å². The first kappa shape index (κ1) is 23.9. The maximum absolute atomic E-state index is 13.3. The average molecular weight is 496 g/mol. The van der Waals surface area contributed by atoms with Crippen LogP contribution in [0.2, 0.25) is 0 Å². The Kier molecular flexibility index (Phi) is 6.97. The van der Waals surface area contributed by atoms with Gasteiger partial charge in [-0.05, 0) is 55.8 Å². The van der Waals surface area contributed by atoms with Crippen molar-refractivity contribution in [2.75, 3.05) is 12.4 Å². The lowest BCUT2D eigenvalue weighted by atomic mass is 10.2. The minimum Gasteiger partial charge on any atom is -0.494 e. The molecule has 0 aliphatic rings. The second-order valence-electron chi connectivity index (χ2n) is 7.93. The third-order valence-electron chi connectivity index (χ3n) is 5.30. The van der Waals surface area contributed by atoms with Crippen LogP contribution in [0.1, 0.15) is 29.8 Å². The van der Waals surface area contributed by atoms with E-state index < -0.39 is 10.0 Å². The highest BCUT2D eigenvalue weighted by Gasteiger charge is 2.27. The SMILES string of the molecule is COc1cccc2sc(NC(=O)c3ccc(S(=O)(=O)N(Cc4ccccc4)C(C)C)cc3)nc12. The quantitative estimate of drug-likeness (QED) is 0.365. The van der Waals surface area contributed by atoms with Gasteiger partial charge in [0.25, 0.3) is 5.91 Å². The van der Waals surface area contributed by atoms with Crippen molar-refractivity contribution >= 4 is 42.6 Å². The second-order valence-corrected chi connectivity index (χ2v) is 10.9. The number of aromatic nitrogens is 1. The number of thiazole rings is 1. The number of para-hydroxylation sites is 1. The Morgan fingerprint density at radius 1 is 1.03 bits per heavy atom. The fourth-order valence-electron chi connectivity index (χ4n) is 3.53. The maximum Gasteiger partial charge on any atom is 0.257 e. The molecule has 1 amide bonds. The predicted molar refractivity (Wildman–Crippen MR) is 135 cm³/mol. The molecule has 0 aliphatic heterocycles. The zero-order chi connectivity index (χ0) is 24.3. The molecule has 34 heavy (non-hydrogen) atoms. The van der Waals surface area contributed by atoms with Crippen molar-refractivity contribution in [2.45, 2.75) is 31.3 Å². The number of anilines is 1.